The SMILES string of the molecule is C#Cc1ccc(C2(c3ccc(C(=O)O)cc3)CCC(C(F)(F)F)CC2)cc1. The van der Waals surface area contributed by atoms with E-state index in [1.807, 2.05) is 12.1 Å². The largest absolute Gasteiger partial charge is 0.478 e. The molecular formula is C22H19F3O2. The zero-order chi connectivity index (χ0) is 19.7. The Morgan fingerprint density at radius 1 is 1.00 bits per heavy atom. The average molecular weight is 372 g/mol. The molecule has 1 saturated carbocycles. The van der Waals surface area contributed by atoms with E-state index in [9.17, 15) is 18.0 Å². The molecule has 1 aliphatic carbocycles. The van der Waals surface area contributed by atoms with Crippen molar-refractivity contribution in [2.45, 2.75) is 37.3 Å². The first-order valence-corrected chi connectivity index (χ1v) is 8.74. The van der Waals surface area contributed by atoms with E-state index in [-0.39, 0.29) is 18.4 Å². The van der Waals surface area contributed by atoms with Gasteiger partial charge in [-0.1, -0.05) is 30.2 Å². The second-order valence-electron chi connectivity index (χ2n) is 7.00. The fraction of sp³-hybridized carbons (Fsp3) is 0.318. The molecule has 2 nitrogen and oxygen atoms in total. The number of halogens is 3. The summed E-state index contributed by atoms with van der Waals surface area (Å²) < 4.78 is 39.5. The average Bonchev–Trinajstić information content (AvgIpc) is 2.67. The van der Waals surface area contributed by atoms with E-state index in [1.54, 1.807) is 24.3 Å². The summed E-state index contributed by atoms with van der Waals surface area (Å²) in [6, 6.07) is 13.8. The van der Waals surface area contributed by atoms with E-state index >= 15 is 0 Å². The second kappa shape index (κ2) is 7.11. The molecule has 2 aromatic rings. The van der Waals surface area contributed by atoms with Crippen molar-refractivity contribution in [1.82, 2.24) is 0 Å². The summed E-state index contributed by atoms with van der Waals surface area (Å²) in [5.74, 6) is 0.212. The molecule has 140 valence electrons. The van der Waals surface area contributed by atoms with E-state index in [4.69, 9.17) is 11.5 Å². The molecule has 0 atom stereocenters. The van der Waals surface area contributed by atoms with Crippen LogP contribution in [-0.2, 0) is 5.41 Å². The predicted octanol–water partition coefficient (Wildman–Crippen LogP) is 5.40. The monoisotopic (exact) mass is 372 g/mol. The molecule has 0 radical (unpaired) electrons. The van der Waals surface area contributed by atoms with E-state index in [0.717, 1.165) is 11.1 Å². The predicted molar refractivity (Wildman–Crippen MR) is 96.6 cm³/mol. The van der Waals surface area contributed by atoms with Crippen molar-refractivity contribution in [3.8, 4) is 12.3 Å². The van der Waals surface area contributed by atoms with Gasteiger partial charge in [0.05, 0.1) is 11.5 Å². The number of hydrogen-bond acceptors (Lipinski definition) is 1. The molecule has 1 N–H and O–H groups in total. The molecular weight excluding hydrogens is 353 g/mol. The number of terminal acetylenes is 1. The Hall–Kier alpha value is -2.74. The fourth-order valence-corrected chi connectivity index (χ4v) is 4.00. The first-order valence-electron chi connectivity index (χ1n) is 8.74. The quantitative estimate of drug-likeness (QED) is 0.732. The Morgan fingerprint density at radius 2 is 1.48 bits per heavy atom. The van der Waals surface area contributed by atoms with Crippen molar-refractivity contribution in [1.29, 1.82) is 0 Å². The second-order valence-corrected chi connectivity index (χ2v) is 7.00. The van der Waals surface area contributed by atoms with Crippen LogP contribution < -0.4 is 0 Å². The lowest BCUT2D eigenvalue weighted by atomic mass is 9.63. The number of carbonyl (C=O) groups is 1. The summed E-state index contributed by atoms with van der Waals surface area (Å²) in [4.78, 5) is 11.1. The molecule has 0 amide bonds. The molecule has 27 heavy (non-hydrogen) atoms. The number of carboxylic acid groups (broad SMARTS) is 1. The van der Waals surface area contributed by atoms with Crippen molar-refractivity contribution < 1.29 is 23.1 Å². The first-order chi connectivity index (χ1) is 12.8. The van der Waals surface area contributed by atoms with Crippen LogP contribution in [0.2, 0.25) is 0 Å². The normalized spacial score (nSPS) is 22.8. The molecule has 2 aromatic carbocycles. The van der Waals surface area contributed by atoms with Gasteiger partial charge in [-0.15, -0.1) is 6.42 Å². The van der Waals surface area contributed by atoms with Crippen LogP contribution in [0.4, 0.5) is 13.2 Å². The summed E-state index contributed by atoms with van der Waals surface area (Å²) in [7, 11) is 0. The van der Waals surface area contributed by atoms with E-state index in [0.29, 0.717) is 18.4 Å². The van der Waals surface area contributed by atoms with Gasteiger partial charge in [0.15, 0.2) is 0 Å². The minimum Gasteiger partial charge on any atom is -0.478 e. The molecule has 3 rings (SSSR count). The molecule has 0 spiro atoms. The topological polar surface area (TPSA) is 37.3 Å². The molecule has 0 saturated heterocycles. The Labute approximate surface area is 156 Å². The van der Waals surface area contributed by atoms with Crippen molar-refractivity contribution in [2.24, 2.45) is 5.92 Å². The van der Waals surface area contributed by atoms with Gasteiger partial charge in [0.25, 0.3) is 0 Å². The van der Waals surface area contributed by atoms with Crippen LogP contribution in [0.1, 0.15) is 52.7 Å². The Morgan fingerprint density at radius 3 is 1.89 bits per heavy atom. The number of carboxylic acids is 1. The van der Waals surface area contributed by atoms with Crippen molar-refractivity contribution in [2.75, 3.05) is 0 Å². The summed E-state index contributed by atoms with van der Waals surface area (Å²) in [5, 5.41) is 9.11. The first kappa shape index (κ1) is 19.0. The molecule has 1 fully saturated rings. The number of benzene rings is 2. The number of hydrogen-bond donors (Lipinski definition) is 1. The van der Waals surface area contributed by atoms with Crippen LogP contribution in [0, 0.1) is 18.3 Å². The molecule has 0 unspecified atom stereocenters. The molecule has 0 heterocycles. The van der Waals surface area contributed by atoms with E-state index in [1.165, 1.54) is 12.1 Å². The zero-order valence-electron chi connectivity index (χ0n) is 14.6. The van der Waals surface area contributed by atoms with Gasteiger partial charge in [-0.05, 0) is 61.1 Å². The van der Waals surface area contributed by atoms with Crippen LogP contribution >= 0.6 is 0 Å². The number of aromatic carboxylic acids is 1. The van der Waals surface area contributed by atoms with Crippen LogP contribution in [-0.4, -0.2) is 17.3 Å². The van der Waals surface area contributed by atoms with Crippen molar-refractivity contribution in [3.63, 3.8) is 0 Å². The third-order valence-electron chi connectivity index (χ3n) is 5.59. The maximum absolute atomic E-state index is 13.2. The zero-order valence-corrected chi connectivity index (χ0v) is 14.6. The lowest BCUT2D eigenvalue weighted by molar-refractivity contribution is -0.184. The van der Waals surface area contributed by atoms with E-state index < -0.39 is 23.5 Å². The number of rotatable bonds is 3. The third kappa shape index (κ3) is 3.71. The highest BCUT2D eigenvalue weighted by Crippen LogP contribution is 2.50. The maximum atomic E-state index is 13.2. The third-order valence-corrected chi connectivity index (χ3v) is 5.59. The van der Waals surface area contributed by atoms with E-state index in [2.05, 4.69) is 5.92 Å². The van der Waals surface area contributed by atoms with Crippen molar-refractivity contribution in [3.05, 3.63) is 70.8 Å². The van der Waals surface area contributed by atoms with Crippen LogP contribution in [0.5, 0.6) is 0 Å². The minimum absolute atomic E-state index is 0.0427. The molecule has 0 bridgehead atoms. The highest BCUT2D eigenvalue weighted by atomic mass is 19.4. The van der Waals surface area contributed by atoms with Gasteiger partial charge in [0.2, 0.25) is 0 Å². The van der Waals surface area contributed by atoms with Gasteiger partial charge >= 0.3 is 12.1 Å². The number of alkyl halides is 3. The molecule has 0 aromatic heterocycles. The summed E-state index contributed by atoms with van der Waals surface area (Å²) in [6.45, 7) is 0. The standard InChI is InChI=1S/C22H19F3O2/c1-2-15-3-7-17(8-4-15)21(13-11-19(12-14-21)22(23,24)25)18-9-5-16(6-10-18)20(26)27/h1,3-10,19H,11-14H2,(H,26,27). The van der Waals surface area contributed by atoms with Gasteiger partial charge in [0.1, 0.15) is 0 Å². The molecule has 5 heteroatoms. The Bertz CT molecular complexity index is 850. The molecule has 0 aliphatic heterocycles. The molecule has 1 aliphatic rings. The van der Waals surface area contributed by atoms with Gasteiger partial charge in [0, 0.05) is 11.0 Å². The van der Waals surface area contributed by atoms with Gasteiger partial charge in [-0.2, -0.15) is 13.2 Å². The Balaban J connectivity index is 2.01. The lowest BCUT2D eigenvalue weighted by Crippen LogP contribution is -2.37. The minimum atomic E-state index is -4.19. The lowest BCUT2D eigenvalue weighted by Gasteiger charge is -2.42. The summed E-state index contributed by atoms with van der Waals surface area (Å²) >= 11 is 0. The summed E-state index contributed by atoms with van der Waals surface area (Å²) in [6.07, 6.45) is 1.99. The van der Waals surface area contributed by atoms with Crippen LogP contribution in [0.25, 0.3) is 0 Å². The highest BCUT2D eigenvalue weighted by Gasteiger charge is 2.47. The van der Waals surface area contributed by atoms with Crippen LogP contribution in [0.15, 0.2) is 48.5 Å². The highest BCUT2D eigenvalue weighted by molar-refractivity contribution is 5.87. The maximum Gasteiger partial charge on any atom is 0.391 e. The fourth-order valence-electron chi connectivity index (χ4n) is 4.00. The Kier molecular flexibility index (Phi) is 5.01. The smallest absolute Gasteiger partial charge is 0.391 e. The van der Waals surface area contributed by atoms with Gasteiger partial charge < -0.3 is 5.11 Å². The van der Waals surface area contributed by atoms with Crippen molar-refractivity contribution >= 4 is 5.97 Å². The summed E-state index contributed by atoms with van der Waals surface area (Å²) in [5.41, 5.74) is 2.03. The van der Waals surface area contributed by atoms with Gasteiger partial charge in [-0.25, -0.2) is 4.79 Å². The van der Waals surface area contributed by atoms with Crippen LogP contribution in [0.3, 0.4) is 0 Å². The van der Waals surface area contributed by atoms with Gasteiger partial charge in [-0.3, -0.25) is 0 Å².